The number of alkyl halides is 3. The van der Waals surface area contributed by atoms with Crippen LogP contribution in [0.4, 0.5) is 13.2 Å². The number of rotatable bonds is 7. The quantitative estimate of drug-likeness (QED) is 0.431. The lowest BCUT2D eigenvalue weighted by Gasteiger charge is -2.05. The van der Waals surface area contributed by atoms with Gasteiger partial charge in [0.2, 0.25) is 0 Å². The Morgan fingerprint density at radius 2 is 1.46 bits per heavy atom. The van der Waals surface area contributed by atoms with E-state index >= 15 is 0 Å². The van der Waals surface area contributed by atoms with Gasteiger partial charge < -0.3 is 0 Å². The van der Waals surface area contributed by atoms with Crippen molar-refractivity contribution >= 4 is 8.58 Å². The summed E-state index contributed by atoms with van der Waals surface area (Å²) in [5.74, 6) is -3.93. The summed E-state index contributed by atoms with van der Waals surface area (Å²) in [6, 6.07) is 0. The molecule has 0 aromatic heterocycles. The summed E-state index contributed by atoms with van der Waals surface area (Å²) in [4.78, 5) is 0. The zero-order chi connectivity index (χ0) is 10.2. The summed E-state index contributed by atoms with van der Waals surface area (Å²) in [6.45, 7) is 2.13. The third-order valence-electron chi connectivity index (χ3n) is 1.86. The average molecular weight is 214 g/mol. The van der Waals surface area contributed by atoms with Gasteiger partial charge in [0.05, 0.1) is 0 Å². The van der Waals surface area contributed by atoms with Gasteiger partial charge in [-0.1, -0.05) is 39.0 Å². The van der Waals surface area contributed by atoms with E-state index in [0.29, 0.717) is 6.16 Å². The second kappa shape index (κ2) is 7.61. The molecule has 0 aliphatic carbocycles. The molecule has 0 spiro atoms. The van der Waals surface area contributed by atoms with Gasteiger partial charge in [-0.2, -0.15) is 13.2 Å². The molecule has 0 nitrogen and oxygen atoms in total. The van der Waals surface area contributed by atoms with Crippen molar-refractivity contribution in [2.75, 3.05) is 6.16 Å². The van der Waals surface area contributed by atoms with Crippen molar-refractivity contribution in [1.82, 2.24) is 0 Å². The summed E-state index contributed by atoms with van der Waals surface area (Å²) >= 11 is 0. The summed E-state index contributed by atoms with van der Waals surface area (Å²) in [5.41, 5.74) is 0. The predicted molar refractivity (Wildman–Crippen MR) is 52.6 cm³/mol. The molecule has 0 aromatic carbocycles. The highest BCUT2D eigenvalue weighted by molar-refractivity contribution is 7.39. The van der Waals surface area contributed by atoms with Crippen molar-refractivity contribution in [1.29, 1.82) is 0 Å². The lowest BCUT2D eigenvalue weighted by Crippen LogP contribution is -1.98. The topological polar surface area (TPSA) is 0 Å². The number of hydrogen-bond acceptors (Lipinski definition) is 0. The van der Waals surface area contributed by atoms with Crippen molar-refractivity contribution in [3.63, 3.8) is 0 Å². The van der Waals surface area contributed by atoms with E-state index < -0.39 is 14.5 Å². The Hall–Kier alpha value is 0.220. The highest BCUT2D eigenvalue weighted by atomic mass is 31.1. The smallest absolute Gasteiger partial charge is 0.167 e. The maximum absolute atomic E-state index is 11.7. The van der Waals surface area contributed by atoms with Gasteiger partial charge in [-0.3, -0.25) is 0 Å². The monoisotopic (exact) mass is 214 g/mol. The van der Waals surface area contributed by atoms with Crippen molar-refractivity contribution in [2.24, 2.45) is 0 Å². The standard InChI is InChI=1S/C9H18F3P/c1-2-3-4-5-6-7-8-13-9(10,11)12/h13H,2-8H2,1H3. The van der Waals surface area contributed by atoms with E-state index in [1.807, 2.05) is 0 Å². The fourth-order valence-corrected chi connectivity index (χ4v) is 1.85. The summed E-state index contributed by atoms with van der Waals surface area (Å²) < 4.78 is 35.1. The third kappa shape index (κ3) is 12.2. The first-order valence-corrected chi connectivity index (χ1v) is 6.08. The lowest BCUT2D eigenvalue weighted by atomic mass is 10.1. The van der Waals surface area contributed by atoms with Crippen LogP contribution in [0.1, 0.15) is 45.4 Å². The number of hydrogen-bond donors (Lipinski definition) is 0. The minimum atomic E-state index is -3.93. The van der Waals surface area contributed by atoms with Gasteiger partial charge in [0, 0.05) is 0 Å². The molecular formula is C9H18F3P. The van der Waals surface area contributed by atoms with E-state index in [-0.39, 0.29) is 0 Å². The molecule has 0 N–H and O–H groups in total. The van der Waals surface area contributed by atoms with Crippen LogP contribution in [-0.2, 0) is 0 Å². The molecular weight excluding hydrogens is 196 g/mol. The van der Waals surface area contributed by atoms with Gasteiger partial charge in [0.25, 0.3) is 0 Å². The molecule has 0 saturated carbocycles. The van der Waals surface area contributed by atoms with E-state index in [4.69, 9.17) is 0 Å². The van der Waals surface area contributed by atoms with Gasteiger partial charge in [-0.15, -0.1) is 0 Å². The summed E-state index contributed by atoms with van der Waals surface area (Å²) in [5, 5.41) is 0. The zero-order valence-electron chi connectivity index (χ0n) is 8.08. The van der Waals surface area contributed by atoms with Crippen LogP contribution in [0.25, 0.3) is 0 Å². The molecule has 0 aliphatic rings. The zero-order valence-corrected chi connectivity index (χ0v) is 9.08. The molecule has 80 valence electrons. The van der Waals surface area contributed by atoms with Crippen LogP contribution in [0.2, 0.25) is 0 Å². The van der Waals surface area contributed by atoms with Crippen molar-refractivity contribution in [3.05, 3.63) is 0 Å². The van der Waals surface area contributed by atoms with E-state index in [2.05, 4.69) is 6.92 Å². The molecule has 0 aliphatic heterocycles. The molecule has 13 heavy (non-hydrogen) atoms. The van der Waals surface area contributed by atoms with Crippen molar-refractivity contribution < 1.29 is 13.2 Å². The molecule has 0 saturated heterocycles. The summed E-state index contributed by atoms with van der Waals surface area (Å²) in [6.07, 6.45) is 6.69. The summed E-state index contributed by atoms with van der Waals surface area (Å²) in [7, 11) is -0.846. The van der Waals surface area contributed by atoms with Crippen molar-refractivity contribution in [2.45, 2.75) is 51.4 Å². The molecule has 0 heterocycles. The molecule has 0 fully saturated rings. The van der Waals surface area contributed by atoms with Crippen LogP contribution in [0.5, 0.6) is 0 Å². The molecule has 0 bridgehead atoms. The Balaban J connectivity index is 3.00. The largest absolute Gasteiger partial charge is 0.402 e. The van der Waals surface area contributed by atoms with Gasteiger partial charge in [0.15, 0.2) is 0 Å². The van der Waals surface area contributed by atoms with E-state index in [0.717, 1.165) is 19.3 Å². The Labute approximate surface area is 80.1 Å². The highest BCUT2D eigenvalue weighted by Crippen LogP contribution is 2.36. The fraction of sp³-hybridized carbons (Fsp3) is 1.00. The van der Waals surface area contributed by atoms with Gasteiger partial charge >= 0.3 is 5.92 Å². The minimum absolute atomic E-state index is 0.329. The Bertz CT molecular complexity index is 112. The van der Waals surface area contributed by atoms with E-state index in [9.17, 15) is 13.2 Å². The predicted octanol–water partition coefficient (Wildman–Crippen LogP) is 4.55. The Kier molecular flexibility index (Phi) is 7.74. The fourth-order valence-electron chi connectivity index (χ4n) is 1.14. The van der Waals surface area contributed by atoms with Crippen LogP contribution in [0.15, 0.2) is 0 Å². The van der Waals surface area contributed by atoms with Crippen LogP contribution < -0.4 is 0 Å². The third-order valence-corrected chi connectivity index (χ3v) is 2.86. The molecule has 1 unspecified atom stereocenters. The van der Waals surface area contributed by atoms with Gasteiger partial charge in [0.1, 0.15) is 0 Å². The first-order chi connectivity index (χ1) is 6.06. The van der Waals surface area contributed by atoms with Crippen LogP contribution in [0.3, 0.4) is 0 Å². The number of halogens is 3. The molecule has 0 aromatic rings. The second-order valence-corrected chi connectivity index (χ2v) is 4.61. The maximum Gasteiger partial charge on any atom is 0.402 e. The molecule has 4 heteroatoms. The first-order valence-electron chi connectivity index (χ1n) is 4.88. The van der Waals surface area contributed by atoms with Gasteiger partial charge in [-0.05, 0) is 21.2 Å². The van der Waals surface area contributed by atoms with E-state index in [1.54, 1.807) is 0 Å². The molecule has 0 rings (SSSR count). The van der Waals surface area contributed by atoms with Crippen LogP contribution >= 0.6 is 8.58 Å². The maximum atomic E-state index is 11.7. The highest BCUT2D eigenvalue weighted by Gasteiger charge is 2.25. The molecule has 0 amide bonds. The molecule has 1 atom stereocenters. The Morgan fingerprint density at radius 1 is 0.923 bits per heavy atom. The van der Waals surface area contributed by atoms with Gasteiger partial charge in [-0.25, -0.2) is 0 Å². The normalized spacial score (nSPS) is 12.9. The minimum Gasteiger partial charge on any atom is -0.167 e. The lowest BCUT2D eigenvalue weighted by molar-refractivity contribution is -0.0371. The molecule has 0 radical (unpaired) electrons. The van der Waals surface area contributed by atoms with Crippen LogP contribution in [-0.4, -0.2) is 12.1 Å². The second-order valence-electron chi connectivity index (χ2n) is 3.19. The van der Waals surface area contributed by atoms with Crippen LogP contribution in [0, 0.1) is 0 Å². The van der Waals surface area contributed by atoms with Crippen molar-refractivity contribution in [3.8, 4) is 0 Å². The Morgan fingerprint density at radius 3 is 2.00 bits per heavy atom. The average Bonchev–Trinajstić information content (AvgIpc) is 2.01. The first kappa shape index (κ1) is 13.2. The number of unbranched alkanes of at least 4 members (excludes halogenated alkanes) is 5. The SMILES string of the molecule is CCCCCCCCPC(F)(F)F. The van der Waals surface area contributed by atoms with E-state index in [1.165, 1.54) is 19.3 Å².